The van der Waals surface area contributed by atoms with Crippen LogP contribution in [0, 0.1) is 0 Å². The summed E-state index contributed by atoms with van der Waals surface area (Å²) in [5.74, 6) is -0.548. The van der Waals surface area contributed by atoms with E-state index in [1.165, 1.54) is 22.3 Å². The molecule has 1 atom stereocenters. The molecule has 3 N–H and O–H groups in total. The van der Waals surface area contributed by atoms with Gasteiger partial charge in [0.1, 0.15) is 12.6 Å². The Morgan fingerprint density at radius 1 is 1.00 bits per heavy atom. The summed E-state index contributed by atoms with van der Waals surface area (Å²) < 4.78 is 5.51. The van der Waals surface area contributed by atoms with E-state index in [-0.39, 0.29) is 24.9 Å². The molecule has 3 rings (SSSR count). The third-order valence-corrected chi connectivity index (χ3v) is 6.58. The quantitative estimate of drug-likeness (QED) is 0.364. The summed E-state index contributed by atoms with van der Waals surface area (Å²) in [6, 6.07) is 15.6. The fourth-order valence-electron chi connectivity index (χ4n) is 4.19. The molecule has 182 valence electrons. The molecule has 0 radical (unpaired) electrons. The van der Waals surface area contributed by atoms with Crippen molar-refractivity contribution in [3.8, 4) is 11.1 Å². The van der Waals surface area contributed by atoms with Crippen molar-refractivity contribution in [2.24, 2.45) is 0 Å². The average Bonchev–Trinajstić information content (AvgIpc) is 3.16. The second kappa shape index (κ2) is 13.0. The van der Waals surface area contributed by atoms with E-state index in [1.54, 1.807) is 11.8 Å². The van der Waals surface area contributed by atoms with Gasteiger partial charge in [-0.15, -0.1) is 0 Å². The highest BCUT2D eigenvalue weighted by molar-refractivity contribution is 7.98. The molecule has 0 unspecified atom stereocenters. The van der Waals surface area contributed by atoms with Crippen molar-refractivity contribution in [1.29, 1.82) is 0 Å². The number of carboxylic acids is 1. The maximum atomic E-state index is 12.2. The van der Waals surface area contributed by atoms with E-state index in [0.717, 1.165) is 6.42 Å². The van der Waals surface area contributed by atoms with Crippen LogP contribution < -0.4 is 10.6 Å². The number of ether oxygens (including phenoxy) is 1. The Hall–Kier alpha value is -3.00. The molecular formula is C26H32N2O5S. The Balaban J connectivity index is 1.32. The first-order valence-electron chi connectivity index (χ1n) is 11.6. The predicted molar refractivity (Wildman–Crippen MR) is 134 cm³/mol. The molecule has 34 heavy (non-hydrogen) atoms. The average molecular weight is 485 g/mol. The third kappa shape index (κ3) is 7.00. The molecule has 1 aliphatic carbocycles. The van der Waals surface area contributed by atoms with Gasteiger partial charge in [0.2, 0.25) is 5.91 Å². The smallest absolute Gasteiger partial charge is 0.407 e. The van der Waals surface area contributed by atoms with Gasteiger partial charge in [-0.25, -0.2) is 9.59 Å². The fraction of sp³-hybridized carbons (Fsp3) is 0.423. The predicted octanol–water partition coefficient (Wildman–Crippen LogP) is 4.41. The van der Waals surface area contributed by atoms with Gasteiger partial charge >= 0.3 is 12.1 Å². The lowest BCUT2D eigenvalue weighted by Crippen LogP contribution is -2.41. The molecule has 1 aliphatic rings. The molecule has 0 heterocycles. The zero-order valence-electron chi connectivity index (χ0n) is 19.4. The van der Waals surface area contributed by atoms with Gasteiger partial charge < -0.3 is 20.5 Å². The van der Waals surface area contributed by atoms with Gasteiger partial charge in [-0.2, -0.15) is 11.8 Å². The number of thioether (sulfide) groups is 1. The van der Waals surface area contributed by atoms with Crippen molar-refractivity contribution < 1.29 is 24.2 Å². The molecule has 0 saturated heterocycles. The minimum atomic E-state index is -1.00. The highest BCUT2D eigenvalue weighted by Gasteiger charge is 2.28. The number of carboxylic acid groups (broad SMARTS) is 1. The highest BCUT2D eigenvalue weighted by atomic mass is 32.2. The summed E-state index contributed by atoms with van der Waals surface area (Å²) in [5.41, 5.74) is 4.73. The van der Waals surface area contributed by atoms with Gasteiger partial charge in [-0.05, 0) is 53.5 Å². The zero-order chi connectivity index (χ0) is 24.3. The monoisotopic (exact) mass is 484 g/mol. The van der Waals surface area contributed by atoms with Crippen molar-refractivity contribution in [2.45, 2.75) is 44.1 Å². The molecule has 2 amide bonds. The van der Waals surface area contributed by atoms with Crippen LogP contribution in [0.25, 0.3) is 11.1 Å². The maximum absolute atomic E-state index is 12.2. The molecular weight excluding hydrogens is 452 g/mol. The first-order valence-corrected chi connectivity index (χ1v) is 13.0. The highest BCUT2D eigenvalue weighted by Crippen LogP contribution is 2.44. The number of hydrogen-bond donors (Lipinski definition) is 3. The van der Waals surface area contributed by atoms with Crippen LogP contribution in [0.5, 0.6) is 0 Å². The Bertz CT molecular complexity index is 951. The molecule has 0 aliphatic heterocycles. The van der Waals surface area contributed by atoms with E-state index in [4.69, 9.17) is 4.74 Å². The molecule has 0 spiro atoms. The van der Waals surface area contributed by atoms with Gasteiger partial charge in [0.25, 0.3) is 0 Å². The largest absolute Gasteiger partial charge is 0.480 e. The van der Waals surface area contributed by atoms with Gasteiger partial charge in [-0.1, -0.05) is 55.0 Å². The van der Waals surface area contributed by atoms with E-state index in [0.29, 0.717) is 31.6 Å². The number of amides is 2. The van der Waals surface area contributed by atoms with Gasteiger partial charge in [-0.3, -0.25) is 4.79 Å². The normalized spacial score (nSPS) is 13.0. The fourth-order valence-corrected chi connectivity index (χ4v) is 4.66. The van der Waals surface area contributed by atoms with Crippen LogP contribution in [-0.2, 0) is 14.3 Å². The van der Waals surface area contributed by atoms with Crippen molar-refractivity contribution >= 4 is 29.7 Å². The number of rotatable bonds is 13. The van der Waals surface area contributed by atoms with Crippen LogP contribution in [0.15, 0.2) is 48.5 Å². The van der Waals surface area contributed by atoms with Crippen LogP contribution in [0.1, 0.15) is 49.1 Å². The summed E-state index contributed by atoms with van der Waals surface area (Å²) in [4.78, 5) is 35.4. The number of nitrogens with one attached hydrogen (secondary N) is 2. The first-order chi connectivity index (χ1) is 16.5. The van der Waals surface area contributed by atoms with Crippen LogP contribution in [0.2, 0.25) is 0 Å². The summed E-state index contributed by atoms with van der Waals surface area (Å²) >= 11 is 1.55. The molecule has 7 nitrogen and oxygen atoms in total. The Morgan fingerprint density at radius 3 is 2.26 bits per heavy atom. The number of carbonyl (C=O) groups excluding carboxylic acids is 2. The molecule has 8 heteroatoms. The summed E-state index contributed by atoms with van der Waals surface area (Å²) in [7, 11) is 0. The number of carbonyl (C=O) groups is 3. The third-order valence-electron chi connectivity index (χ3n) is 5.94. The second-order valence-corrected chi connectivity index (χ2v) is 9.29. The van der Waals surface area contributed by atoms with Crippen LogP contribution in [0.3, 0.4) is 0 Å². The minimum absolute atomic E-state index is 0.0298. The lowest BCUT2D eigenvalue weighted by atomic mass is 9.98. The number of aliphatic carboxylic acids is 1. The summed E-state index contributed by atoms with van der Waals surface area (Å²) in [6.45, 7) is 0.741. The summed E-state index contributed by atoms with van der Waals surface area (Å²) in [5, 5.41) is 14.5. The Kier molecular flexibility index (Phi) is 9.82. The molecule has 2 aromatic rings. The molecule has 0 saturated carbocycles. The number of fused-ring (bicyclic) bond motifs is 3. The Morgan fingerprint density at radius 2 is 1.65 bits per heavy atom. The van der Waals surface area contributed by atoms with Crippen molar-refractivity contribution in [3.63, 3.8) is 0 Å². The number of alkyl carbamates (subject to hydrolysis) is 1. The molecule has 0 fully saturated rings. The number of hydrogen-bond acceptors (Lipinski definition) is 5. The van der Waals surface area contributed by atoms with Crippen molar-refractivity contribution in [1.82, 2.24) is 10.6 Å². The SMILES string of the molecule is CSCC[C@@H](NC(=O)CCCCCNC(=O)OCC1c2ccccc2-c2ccccc21)C(=O)O. The lowest BCUT2D eigenvalue weighted by Gasteiger charge is -2.15. The molecule has 2 aromatic carbocycles. The van der Waals surface area contributed by atoms with Crippen LogP contribution in [0.4, 0.5) is 4.79 Å². The standard InChI is InChI=1S/C26H32N2O5S/c1-34-16-14-23(25(30)31)28-24(29)13-3-2-8-15-27-26(32)33-17-22-20-11-6-4-9-18(20)19-10-5-7-12-21(19)22/h4-7,9-12,22-23H,2-3,8,13-17H2,1H3,(H,27,32)(H,28,29)(H,30,31)/t23-/m1/s1. The molecule has 0 bridgehead atoms. The first kappa shape index (κ1) is 25.6. The topological polar surface area (TPSA) is 105 Å². The van der Waals surface area contributed by atoms with E-state index < -0.39 is 18.1 Å². The zero-order valence-corrected chi connectivity index (χ0v) is 20.2. The van der Waals surface area contributed by atoms with Gasteiger partial charge in [0.05, 0.1) is 0 Å². The Labute approximate surface area is 204 Å². The molecule has 0 aromatic heterocycles. The van der Waals surface area contributed by atoms with Crippen molar-refractivity contribution in [3.05, 3.63) is 59.7 Å². The van der Waals surface area contributed by atoms with E-state index in [2.05, 4.69) is 34.9 Å². The number of unbranched alkanes of at least 4 members (excludes halogenated alkanes) is 2. The van der Waals surface area contributed by atoms with Gasteiger partial charge in [0.15, 0.2) is 0 Å². The van der Waals surface area contributed by atoms with Crippen LogP contribution >= 0.6 is 11.8 Å². The van der Waals surface area contributed by atoms with Crippen LogP contribution in [-0.4, -0.2) is 54.3 Å². The van der Waals surface area contributed by atoms with Gasteiger partial charge in [0, 0.05) is 18.9 Å². The van der Waals surface area contributed by atoms with E-state index in [9.17, 15) is 19.5 Å². The second-order valence-electron chi connectivity index (χ2n) is 8.30. The number of benzene rings is 2. The van der Waals surface area contributed by atoms with E-state index in [1.807, 2.05) is 30.5 Å². The lowest BCUT2D eigenvalue weighted by molar-refractivity contribution is -0.141. The summed E-state index contributed by atoms with van der Waals surface area (Å²) in [6.07, 6.45) is 4.23. The maximum Gasteiger partial charge on any atom is 0.407 e. The van der Waals surface area contributed by atoms with Crippen molar-refractivity contribution in [2.75, 3.05) is 25.2 Å². The minimum Gasteiger partial charge on any atom is -0.480 e. The van der Waals surface area contributed by atoms with E-state index >= 15 is 0 Å².